The number of benzene rings is 4. The Balaban J connectivity index is 1.83. The lowest BCUT2D eigenvalue weighted by Crippen LogP contribution is -2.15. The quantitative estimate of drug-likeness (QED) is 0.151. The average Bonchev–Trinajstić information content (AvgIpc) is 2.81. The maximum atomic E-state index is 13.2. The van der Waals surface area contributed by atoms with Gasteiger partial charge in [0.1, 0.15) is 0 Å². The van der Waals surface area contributed by atoms with Gasteiger partial charge in [-0.2, -0.15) is 0 Å². The maximum Gasteiger partial charge on any atom is 0.257 e. The molecule has 35 heavy (non-hydrogen) atoms. The van der Waals surface area contributed by atoms with Crippen LogP contribution in [0.1, 0.15) is 10.4 Å². The molecule has 4 aromatic carbocycles. The summed E-state index contributed by atoms with van der Waals surface area (Å²) in [6.45, 7) is 0. The van der Waals surface area contributed by atoms with Crippen LogP contribution >= 0.6 is 11.6 Å². The molecule has 4 aromatic rings. The molecule has 0 unspecified atom stereocenters. The van der Waals surface area contributed by atoms with Crippen molar-refractivity contribution in [3.05, 3.63) is 89.4 Å². The molecule has 8 nitrogen and oxygen atoms in total. The Hall–Kier alpha value is -4.05. The lowest BCUT2D eigenvalue weighted by atomic mass is 9.93. The Morgan fingerprint density at radius 3 is 2.03 bits per heavy atom. The standard InChI is InChI=1S/C25H20ClN3O5S/c26-17-5-1-14(2-6-17)16-11-20(15-3-8-19(9-4-15)35(28,33)34)24(27)21(12-16)25(32)29-18-7-10-22(30)23(31)13-18/h1-13,30-31H,27H2,(H,29,32)(H2,28,33,34). The third-order valence-electron chi connectivity index (χ3n) is 5.33. The third kappa shape index (κ3) is 5.22. The molecule has 1 amide bonds. The first-order valence-corrected chi connectivity index (χ1v) is 12.1. The predicted molar refractivity (Wildman–Crippen MR) is 136 cm³/mol. The van der Waals surface area contributed by atoms with Crippen LogP contribution in [-0.2, 0) is 10.0 Å². The molecule has 0 aromatic heterocycles. The van der Waals surface area contributed by atoms with Crippen molar-refractivity contribution in [1.29, 1.82) is 0 Å². The van der Waals surface area contributed by atoms with E-state index in [2.05, 4.69) is 5.32 Å². The van der Waals surface area contributed by atoms with Crippen molar-refractivity contribution in [3.63, 3.8) is 0 Å². The van der Waals surface area contributed by atoms with Crippen molar-refractivity contribution < 1.29 is 23.4 Å². The molecule has 0 radical (unpaired) electrons. The molecule has 0 aliphatic carbocycles. The number of halogens is 1. The van der Waals surface area contributed by atoms with Crippen LogP contribution in [0.15, 0.2) is 83.8 Å². The van der Waals surface area contributed by atoms with E-state index in [1.165, 1.54) is 30.3 Å². The summed E-state index contributed by atoms with van der Waals surface area (Å²) in [5, 5.41) is 27.7. The topological polar surface area (TPSA) is 156 Å². The molecule has 0 atom stereocenters. The average molecular weight is 510 g/mol. The van der Waals surface area contributed by atoms with Gasteiger partial charge in [0.2, 0.25) is 10.0 Å². The van der Waals surface area contributed by atoms with Crippen LogP contribution in [-0.4, -0.2) is 24.5 Å². The fourth-order valence-electron chi connectivity index (χ4n) is 3.51. The van der Waals surface area contributed by atoms with E-state index in [0.717, 1.165) is 5.56 Å². The number of nitrogens with one attached hydrogen (secondary N) is 1. The highest BCUT2D eigenvalue weighted by atomic mass is 35.5. The van der Waals surface area contributed by atoms with E-state index < -0.39 is 15.9 Å². The highest BCUT2D eigenvalue weighted by molar-refractivity contribution is 7.89. The fraction of sp³-hybridized carbons (Fsp3) is 0. The number of hydrogen-bond acceptors (Lipinski definition) is 6. The minimum atomic E-state index is -3.88. The summed E-state index contributed by atoms with van der Waals surface area (Å²) < 4.78 is 23.3. The van der Waals surface area contributed by atoms with E-state index in [9.17, 15) is 23.4 Å². The number of anilines is 2. The van der Waals surface area contributed by atoms with E-state index >= 15 is 0 Å². The number of sulfonamides is 1. The van der Waals surface area contributed by atoms with E-state index in [1.807, 2.05) is 0 Å². The second kappa shape index (κ2) is 9.30. The van der Waals surface area contributed by atoms with Gasteiger partial charge in [0.15, 0.2) is 11.5 Å². The fourth-order valence-corrected chi connectivity index (χ4v) is 4.15. The number of rotatable bonds is 5. The molecule has 0 saturated heterocycles. The van der Waals surface area contributed by atoms with Crippen molar-refractivity contribution in [2.45, 2.75) is 4.90 Å². The summed E-state index contributed by atoms with van der Waals surface area (Å²) in [6.07, 6.45) is 0. The zero-order valence-corrected chi connectivity index (χ0v) is 19.6. The number of amides is 1. The number of phenolic OH excluding ortho intramolecular Hbond substituents is 2. The van der Waals surface area contributed by atoms with Gasteiger partial charge >= 0.3 is 0 Å². The molecule has 7 N–H and O–H groups in total. The van der Waals surface area contributed by atoms with Gasteiger partial charge in [-0.1, -0.05) is 35.9 Å². The van der Waals surface area contributed by atoms with Crippen LogP contribution < -0.4 is 16.2 Å². The lowest BCUT2D eigenvalue weighted by Gasteiger charge is -2.15. The summed E-state index contributed by atoms with van der Waals surface area (Å²) in [7, 11) is -3.88. The van der Waals surface area contributed by atoms with Gasteiger partial charge < -0.3 is 21.3 Å². The number of phenols is 2. The Kier molecular flexibility index (Phi) is 6.40. The van der Waals surface area contributed by atoms with Gasteiger partial charge in [-0.25, -0.2) is 13.6 Å². The second-order valence-electron chi connectivity index (χ2n) is 7.72. The number of hydrogen-bond donors (Lipinski definition) is 5. The molecule has 10 heteroatoms. The van der Waals surface area contributed by atoms with Crippen LogP contribution in [0.5, 0.6) is 11.5 Å². The second-order valence-corrected chi connectivity index (χ2v) is 9.72. The molecule has 178 valence electrons. The van der Waals surface area contributed by atoms with Gasteiger partial charge in [-0.15, -0.1) is 0 Å². The Labute approximate surface area is 206 Å². The zero-order chi connectivity index (χ0) is 25.3. The van der Waals surface area contributed by atoms with Crippen molar-refractivity contribution >= 4 is 38.9 Å². The van der Waals surface area contributed by atoms with Gasteiger partial charge in [0.05, 0.1) is 16.1 Å². The van der Waals surface area contributed by atoms with Gasteiger partial charge in [0, 0.05) is 22.3 Å². The molecule has 0 heterocycles. The SMILES string of the molecule is Nc1c(C(=O)Nc2ccc(O)c(O)c2)cc(-c2ccc(Cl)cc2)cc1-c1ccc(S(N)(=O)=O)cc1. The van der Waals surface area contributed by atoms with Crippen molar-refractivity contribution in [2.75, 3.05) is 11.1 Å². The summed E-state index contributed by atoms with van der Waals surface area (Å²) in [5.41, 5.74) is 9.47. The number of carbonyl (C=O) groups excluding carboxylic acids is 1. The molecular weight excluding hydrogens is 490 g/mol. The number of nitrogen functional groups attached to an aromatic ring is 1. The molecule has 0 fully saturated rings. The summed E-state index contributed by atoms with van der Waals surface area (Å²) in [6, 6.07) is 20.1. The number of primary sulfonamides is 1. The Morgan fingerprint density at radius 2 is 1.43 bits per heavy atom. The maximum absolute atomic E-state index is 13.2. The zero-order valence-electron chi connectivity index (χ0n) is 18.1. The van der Waals surface area contributed by atoms with E-state index in [4.69, 9.17) is 22.5 Å². The van der Waals surface area contributed by atoms with Crippen LogP contribution in [0.4, 0.5) is 11.4 Å². The Bertz CT molecular complexity index is 1540. The molecule has 0 aliphatic rings. The van der Waals surface area contributed by atoms with Crippen LogP contribution in [0.2, 0.25) is 5.02 Å². The summed E-state index contributed by atoms with van der Waals surface area (Å²) >= 11 is 6.02. The van der Waals surface area contributed by atoms with E-state index in [0.29, 0.717) is 21.7 Å². The van der Waals surface area contributed by atoms with Gasteiger partial charge in [0.25, 0.3) is 5.91 Å². The number of aromatic hydroxyl groups is 2. The molecule has 0 aliphatic heterocycles. The normalized spacial score (nSPS) is 11.3. The first-order valence-electron chi connectivity index (χ1n) is 10.2. The highest BCUT2D eigenvalue weighted by Gasteiger charge is 2.18. The highest BCUT2D eigenvalue weighted by Crippen LogP contribution is 2.36. The lowest BCUT2D eigenvalue weighted by molar-refractivity contribution is 0.102. The summed E-state index contributed by atoms with van der Waals surface area (Å²) in [5.74, 6) is -1.26. The first-order chi connectivity index (χ1) is 16.5. The van der Waals surface area contributed by atoms with Crippen LogP contribution in [0.25, 0.3) is 22.3 Å². The van der Waals surface area contributed by atoms with Crippen molar-refractivity contribution in [1.82, 2.24) is 0 Å². The predicted octanol–water partition coefficient (Wildman–Crippen LogP) is 4.57. The van der Waals surface area contributed by atoms with Crippen LogP contribution in [0, 0.1) is 0 Å². The van der Waals surface area contributed by atoms with Crippen LogP contribution in [0.3, 0.4) is 0 Å². The van der Waals surface area contributed by atoms with E-state index in [1.54, 1.807) is 48.5 Å². The molecule has 0 spiro atoms. The van der Waals surface area contributed by atoms with Crippen molar-refractivity contribution in [3.8, 4) is 33.8 Å². The minimum Gasteiger partial charge on any atom is -0.504 e. The molecular formula is C25H20ClN3O5S. The number of carbonyl (C=O) groups is 1. The molecule has 0 bridgehead atoms. The third-order valence-corrected chi connectivity index (χ3v) is 6.51. The van der Waals surface area contributed by atoms with Gasteiger partial charge in [-0.3, -0.25) is 4.79 Å². The largest absolute Gasteiger partial charge is 0.504 e. The monoisotopic (exact) mass is 509 g/mol. The van der Waals surface area contributed by atoms with Crippen molar-refractivity contribution in [2.24, 2.45) is 5.14 Å². The first kappa shape index (κ1) is 24.1. The molecule has 0 saturated carbocycles. The summed E-state index contributed by atoms with van der Waals surface area (Å²) in [4.78, 5) is 13.1. The smallest absolute Gasteiger partial charge is 0.257 e. The van der Waals surface area contributed by atoms with Gasteiger partial charge in [-0.05, 0) is 65.2 Å². The molecule has 4 rings (SSSR count). The Morgan fingerprint density at radius 1 is 0.800 bits per heavy atom. The minimum absolute atomic E-state index is 0.0567. The number of nitrogens with two attached hydrogens (primary N) is 2. The van der Waals surface area contributed by atoms with E-state index in [-0.39, 0.29) is 33.3 Å².